The molecule has 1 fully saturated rings. The molecule has 1 saturated heterocycles. The molecule has 1 atom stereocenters. The first kappa shape index (κ1) is 14.1. The first-order valence-electron chi connectivity index (χ1n) is 5.71. The number of halogens is 1. The van der Waals surface area contributed by atoms with Gasteiger partial charge in [-0.2, -0.15) is 0 Å². The molecule has 0 radical (unpaired) electrons. The molecule has 1 aliphatic heterocycles. The third-order valence-corrected chi connectivity index (χ3v) is 3.49. The number of amides is 1. The quantitative estimate of drug-likeness (QED) is 0.864. The molecule has 1 N–H and O–H groups in total. The fraction of sp³-hybridized carbons (Fsp3) is 0.583. The molecular formula is C12H20ClN3O. The van der Waals surface area contributed by atoms with Gasteiger partial charge in [-0.25, -0.2) is 0 Å². The van der Waals surface area contributed by atoms with E-state index in [0.717, 1.165) is 30.9 Å². The fourth-order valence-electron chi connectivity index (χ4n) is 2.14. The van der Waals surface area contributed by atoms with Gasteiger partial charge in [0, 0.05) is 32.4 Å². The maximum Gasteiger partial charge on any atom is 0.270 e. The second kappa shape index (κ2) is 5.56. The lowest BCUT2D eigenvalue weighted by atomic mass is 10.2. The van der Waals surface area contributed by atoms with Gasteiger partial charge in [-0.05, 0) is 32.0 Å². The van der Waals surface area contributed by atoms with Crippen LogP contribution in [-0.2, 0) is 7.05 Å². The Kier molecular flexibility index (Phi) is 4.60. The van der Waals surface area contributed by atoms with Crippen molar-refractivity contribution in [3.63, 3.8) is 0 Å². The highest BCUT2D eigenvalue weighted by Crippen LogP contribution is 2.13. The first-order chi connectivity index (χ1) is 7.61. The zero-order valence-corrected chi connectivity index (χ0v) is 11.4. The third kappa shape index (κ3) is 2.64. The molecule has 4 nitrogen and oxygen atoms in total. The van der Waals surface area contributed by atoms with Crippen molar-refractivity contribution >= 4 is 18.3 Å². The van der Waals surface area contributed by atoms with Gasteiger partial charge in [0.1, 0.15) is 5.69 Å². The molecule has 1 aromatic rings. The minimum atomic E-state index is 0. The van der Waals surface area contributed by atoms with Crippen LogP contribution in [0.5, 0.6) is 0 Å². The van der Waals surface area contributed by atoms with Gasteiger partial charge in [0.2, 0.25) is 0 Å². The molecule has 0 bridgehead atoms. The van der Waals surface area contributed by atoms with Crippen molar-refractivity contribution in [3.05, 3.63) is 23.5 Å². The largest absolute Gasteiger partial charge is 0.344 e. The summed E-state index contributed by atoms with van der Waals surface area (Å²) in [4.78, 5) is 14.1. The maximum atomic E-state index is 12.2. The van der Waals surface area contributed by atoms with Gasteiger partial charge in [0.15, 0.2) is 0 Å². The van der Waals surface area contributed by atoms with E-state index in [1.807, 2.05) is 42.6 Å². The van der Waals surface area contributed by atoms with E-state index in [4.69, 9.17) is 0 Å². The highest BCUT2D eigenvalue weighted by atomic mass is 35.5. The molecule has 0 spiro atoms. The summed E-state index contributed by atoms with van der Waals surface area (Å²) < 4.78 is 1.95. The van der Waals surface area contributed by atoms with Crippen molar-refractivity contribution in [2.24, 2.45) is 7.05 Å². The monoisotopic (exact) mass is 257 g/mol. The number of carbonyl (C=O) groups excluding carboxylic acids is 1. The van der Waals surface area contributed by atoms with Crippen molar-refractivity contribution in [3.8, 4) is 0 Å². The Hall–Kier alpha value is -1.00. The number of nitrogens with zero attached hydrogens (tertiary/aromatic N) is 2. The summed E-state index contributed by atoms with van der Waals surface area (Å²) >= 11 is 0. The molecule has 0 aliphatic carbocycles. The number of rotatable bonds is 2. The van der Waals surface area contributed by atoms with Gasteiger partial charge in [0.25, 0.3) is 5.91 Å². The Bertz CT molecular complexity index is 396. The summed E-state index contributed by atoms with van der Waals surface area (Å²) in [5, 5.41) is 3.28. The average molecular weight is 258 g/mol. The SMILES string of the molecule is Cc1ccc(C(=O)N(C)C2CCNC2)n1C.Cl. The molecule has 1 unspecified atom stereocenters. The summed E-state index contributed by atoms with van der Waals surface area (Å²) in [7, 11) is 3.83. The number of hydrogen-bond acceptors (Lipinski definition) is 2. The predicted octanol–water partition coefficient (Wildman–Crippen LogP) is 1.19. The van der Waals surface area contributed by atoms with E-state index in [-0.39, 0.29) is 18.3 Å². The second-order valence-corrected chi connectivity index (χ2v) is 4.48. The predicted molar refractivity (Wildman–Crippen MR) is 70.8 cm³/mol. The van der Waals surface area contributed by atoms with Crippen LogP contribution in [0, 0.1) is 6.92 Å². The Morgan fingerprint density at radius 1 is 1.53 bits per heavy atom. The standard InChI is InChI=1S/C12H19N3O.ClH/c1-9-4-5-11(14(9)2)12(16)15(3)10-6-7-13-8-10;/h4-5,10,13H,6-8H2,1-3H3;1H. The number of carbonyl (C=O) groups is 1. The van der Waals surface area contributed by atoms with E-state index < -0.39 is 0 Å². The lowest BCUT2D eigenvalue weighted by Crippen LogP contribution is -2.39. The molecule has 1 amide bonds. The molecular weight excluding hydrogens is 238 g/mol. The normalized spacial score (nSPS) is 18.9. The van der Waals surface area contributed by atoms with Crippen molar-refractivity contribution in [1.29, 1.82) is 0 Å². The summed E-state index contributed by atoms with van der Waals surface area (Å²) in [6.45, 7) is 3.92. The second-order valence-electron chi connectivity index (χ2n) is 4.48. The molecule has 0 aromatic carbocycles. The van der Waals surface area contributed by atoms with Crippen molar-refractivity contribution in [1.82, 2.24) is 14.8 Å². The van der Waals surface area contributed by atoms with Gasteiger partial charge in [-0.1, -0.05) is 0 Å². The van der Waals surface area contributed by atoms with Crippen molar-refractivity contribution < 1.29 is 4.79 Å². The zero-order valence-electron chi connectivity index (χ0n) is 10.6. The van der Waals surface area contributed by atoms with Crippen LogP contribution in [-0.4, -0.2) is 41.6 Å². The minimum absolute atomic E-state index is 0. The summed E-state index contributed by atoms with van der Waals surface area (Å²) in [6, 6.07) is 4.22. The molecule has 1 aromatic heterocycles. The van der Waals surface area contributed by atoms with E-state index in [1.165, 1.54) is 0 Å². The lowest BCUT2D eigenvalue weighted by molar-refractivity contribution is 0.0734. The average Bonchev–Trinajstić information content (AvgIpc) is 2.89. The van der Waals surface area contributed by atoms with E-state index in [2.05, 4.69) is 5.32 Å². The van der Waals surface area contributed by atoms with Gasteiger partial charge in [0.05, 0.1) is 0 Å². The topological polar surface area (TPSA) is 37.3 Å². The minimum Gasteiger partial charge on any atom is -0.344 e. The summed E-state index contributed by atoms with van der Waals surface area (Å²) in [6.07, 6.45) is 1.05. The Balaban J connectivity index is 0.00000144. The van der Waals surface area contributed by atoms with Crippen LogP contribution in [0.3, 0.4) is 0 Å². The van der Waals surface area contributed by atoms with Gasteiger partial charge in [-0.3, -0.25) is 4.79 Å². The molecule has 2 rings (SSSR count). The van der Waals surface area contributed by atoms with E-state index in [1.54, 1.807) is 0 Å². The van der Waals surface area contributed by atoms with Crippen LogP contribution in [0.2, 0.25) is 0 Å². The van der Waals surface area contributed by atoms with Crippen LogP contribution in [0.4, 0.5) is 0 Å². The number of aryl methyl sites for hydroxylation is 1. The molecule has 17 heavy (non-hydrogen) atoms. The summed E-state index contributed by atoms with van der Waals surface area (Å²) in [5.74, 6) is 0.115. The summed E-state index contributed by atoms with van der Waals surface area (Å²) in [5.41, 5.74) is 1.88. The Morgan fingerprint density at radius 3 is 2.71 bits per heavy atom. The van der Waals surface area contributed by atoms with Crippen molar-refractivity contribution in [2.45, 2.75) is 19.4 Å². The van der Waals surface area contributed by atoms with Gasteiger partial charge >= 0.3 is 0 Å². The third-order valence-electron chi connectivity index (χ3n) is 3.49. The van der Waals surface area contributed by atoms with E-state index >= 15 is 0 Å². The van der Waals surface area contributed by atoms with Crippen LogP contribution in [0.25, 0.3) is 0 Å². The molecule has 2 heterocycles. The number of likely N-dealkylation sites (N-methyl/N-ethyl adjacent to an activating group) is 1. The van der Waals surface area contributed by atoms with Gasteiger partial charge in [-0.15, -0.1) is 12.4 Å². The smallest absolute Gasteiger partial charge is 0.270 e. The van der Waals surface area contributed by atoms with Gasteiger partial charge < -0.3 is 14.8 Å². The maximum absolute atomic E-state index is 12.2. The Morgan fingerprint density at radius 2 is 2.24 bits per heavy atom. The van der Waals surface area contributed by atoms with Crippen LogP contribution in [0.15, 0.2) is 12.1 Å². The van der Waals surface area contributed by atoms with E-state index in [0.29, 0.717) is 6.04 Å². The van der Waals surface area contributed by atoms with Crippen LogP contribution < -0.4 is 5.32 Å². The molecule has 5 heteroatoms. The van der Waals surface area contributed by atoms with Crippen LogP contribution in [0.1, 0.15) is 22.6 Å². The molecule has 1 aliphatic rings. The highest BCUT2D eigenvalue weighted by molar-refractivity contribution is 5.93. The fourth-order valence-corrected chi connectivity index (χ4v) is 2.14. The van der Waals surface area contributed by atoms with Crippen LogP contribution >= 0.6 is 12.4 Å². The zero-order chi connectivity index (χ0) is 11.7. The highest BCUT2D eigenvalue weighted by Gasteiger charge is 2.25. The number of aromatic nitrogens is 1. The molecule has 96 valence electrons. The number of nitrogens with one attached hydrogen (secondary N) is 1. The van der Waals surface area contributed by atoms with E-state index in [9.17, 15) is 4.79 Å². The molecule has 0 saturated carbocycles. The lowest BCUT2D eigenvalue weighted by Gasteiger charge is -2.24. The first-order valence-corrected chi connectivity index (χ1v) is 5.71. The van der Waals surface area contributed by atoms with Crippen molar-refractivity contribution in [2.75, 3.05) is 20.1 Å². The Labute approximate surface area is 108 Å². The number of hydrogen-bond donors (Lipinski definition) is 1.